The molecule has 13 nitrogen and oxygen atoms in total. The molecule has 268 valence electrons. The topological polar surface area (TPSA) is 185 Å². The van der Waals surface area contributed by atoms with E-state index in [1.807, 2.05) is 18.2 Å². The van der Waals surface area contributed by atoms with E-state index in [4.69, 9.17) is 24.7 Å². The Hall–Kier alpha value is -4.67. The Bertz CT molecular complexity index is 1500. The molecule has 5 N–H and O–H groups in total. The Kier molecular flexibility index (Phi) is 14.8. The van der Waals surface area contributed by atoms with Crippen LogP contribution in [0.1, 0.15) is 44.1 Å². The predicted molar refractivity (Wildman–Crippen MR) is 172 cm³/mol. The molecule has 1 aliphatic heterocycles. The van der Waals surface area contributed by atoms with Gasteiger partial charge in [-0.15, -0.1) is 0 Å². The molecule has 2 aromatic carbocycles. The zero-order valence-corrected chi connectivity index (χ0v) is 27.2. The average Bonchev–Trinajstić information content (AvgIpc) is 3.08. The van der Waals surface area contributed by atoms with E-state index in [1.54, 1.807) is 12.1 Å². The van der Waals surface area contributed by atoms with Crippen LogP contribution in [0.3, 0.4) is 0 Å². The van der Waals surface area contributed by atoms with Gasteiger partial charge >= 0.3 is 18.1 Å². The Labute approximate surface area is 281 Å². The molecule has 0 radical (unpaired) electrons. The number of nitro benzene ring substituents is 1. The Morgan fingerprint density at radius 3 is 2.41 bits per heavy atom. The molecular weight excluding hydrogens is 653 g/mol. The van der Waals surface area contributed by atoms with Crippen molar-refractivity contribution in [1.82, 2.24) is 10.6 Å². The minimum absolute atomic E-state index is 0.00163. The van der Waals surface area contributed by atoms with Crippen LogP contribution >= 0.6 is 0 Å². The monoisotopic (exact) mass is 694 g/mol. The fourth-order valence-corrected chi connectivity index (χ4v) is 5.12. The summed E-state index contributed by atoms with van der Waals surface area (Å²) < 4.78 is 64.1. The number of benzene rings is 2. The summed E-state index contributed by atoms with van der Waals surface area (Å²) in [5, 5.41) is 27.0. The maximum Gasteiger partial charge on any atom is 0.431 e. The van der Waals surface area contributed by atoms with Crippen molar-refractivity contribution in [2.75, 3.05) is 46.6 Å². The first-order valence-corrected chi connectivity index (χ1v) is 15.6. The minimum Gasteiger partial charge on any atom is -0.492 e. The van der Waals surface area contributed by atoms with E-state index in [0.29, 0.717) is 31.7 Å². The molecule has 0 aliphatic carbocycles. The Morgan fingerprint density at radius 1 is 1.04 bits per heavy atom. The molecule has 0 saturated heterocycles. The highest BCUT2D eigenvalue weighted by Crippen LogP contribution is 2.46. The molecule has 0 amide bonds. The normalized spacial score (nSPS) is 15.4. The second-order valence-electron chi connectivity index (χ2n) is 11.0. The number of ether oxygens (including phenoxy) is 4. The quantitative estimate of drug-likeness (QED) is 0.0718. The first kappa shape index (κ1) is 38.8. The van der Waals surface area contributed by atoms with Gasteiger partial charge in [0.1, 0.15) is 36.5 Å². The number of aliphatic hydroxyl groups is 1. The lowest BCUT2D eigenvalue weighted by atomic mass is 9.79. The largest absolute Gasteiger partial charge is 0.492 e. The number of unbranched alkanes of at least 4 members (excludes halogenated alkanes) is 3. The molecule has 16 heteroatoms. The van der Waals surface area contributed by atoms with Crippen molar-refractivity contribution in [2.24, 2.45) is 5.73 Å². The Morgan fingerprint density at radius 2 is 1.76 bits per heavy atom. The third-order valence-electron chi connectivity index (χ3n) is 7.41. The number of nitrogens with two attached hydrogens (primary N) is 1. The zero-order valence-electron chi connectivity index (χ0n) is 27.2. The molecule has 3 rings (SSSR count). The number of esters is 2. The van der Waals surface area contributed by atoms with Gasteiger partial charge < -0.3 is 40.4 Å². The summed E-state index contributed by atoms with van der Waals surface area (Å²) >= 11 is 0. The van der Waals surface area contributed by atoms with Gasteiger partial charge in [0.15, 0.2) is 0 Å². The van der Waals surface area contributed by atoms with Crippen LogP contribution in [-0.4, -0.2) is 80.8 Å². The summed E-state index contributed by atoms with van der Waals surface area (Å²) in [6.07, 6.45) is -3.18. The van der Waals surface area contributed by atoms with Crippen LogP contribution in [0.25, 0.3) is 0 Å². The number of para-hydroxylation sites is 1. The van der Waals surface area contributed by atoms with Crippen LogP contribution in [0, 0.1) is 10.1 Å². The molecular formula is C33H41F3N4O9. The SMILES string of the molecule is COC(=O)C1=C(C(F)(F)F)NC(C)=C(C(=O)OCCCCCCNCC(O)COc2ccccc2)C1c1cc([N+](=O)[O-])ccc1OCCN. The number of carbonyl (C=O) groups is 2. The smallest absolute Gasteiger partial charge is 0.431 e. The van der Waals surface area contributed by atoms with Gasteiger partial charge in [0.25, 0.3) is 5.69 Å². The van der Waals surface area contributed by atoms with Gasteiger partial charge in [-0.1, -0.05) is 31.0 Å². The van der Waals surface area contributed by atoms with E-state index in [1.165, 1.54) is 13.0 Å². The third kappa shape index (κ3) is 11.2. The van der Waals surface area contributed by atoms with Gasteiger partial charge in [-0.05, 0) is 44.5 Å². The number of nitrogens with zero attached hydrogens (tertiary/aromatic N) is 1. The van der Waals surface area contributed by atoms with E-state index in [0.717, 1.165) is 32.1 Å². The maximum absolute atomic E-state index is 14.3. The molecule has 2 atom stereocenters. The minimum atomic E-state index is -5.10. The molecule has 1 aliphatic rings. The number of dihydropyridines is 1. The van der Waals surface area contributed by atoms with E-state index >= 15 is 0 Å². The zero-order chi connectivity index (χ0) is 36.0. The van der Waals surface area contributed by atoms with Gasteiger partial charge in [0.05, 0.1) is 35.7 Å². The maximum atomic E-state index is 14.3. The summed E-state index contributed by atoms with van der Waals surface area (Å²) in [4.78, 5) is 37.3. The van der Waals surface area contributed by atoms with Crippen molar-refractivity contribution in [3.05, 3.63) is 86.7 Å². The summed E-state index contributed by atoms with van der Waals surface area (Å²) in [7, 11) is 0.876. The molecule has 1 heterocycles. The molecule has 0 aromatic heterocycles. The van der Waals surface area contributed by atoms with E-state index in [-0.39, 0.29) is 48.9 Å². The highest BCUT2D eigenvalue weighted by molar-refractivity contribution is 6.00. The molecule has 0 bridgehead atoms. The van der Waals surface area contributed by atoms with Gasteiger partial charge in [-0.25, -0.2) is 9.59 Å². The first-order chi connectivity index (χ1) is 23.4. The summed E-state index contributed by atoms with van der Waals surface area (Å²) in [6.45, 7) is 2.13. The Balaban J connectivity index is 1.67. The van der Waals surface area contributed by atoms with E-state index < -0.39 is 52.0 Å². The number of hydrogen-bond acceptors (Lipinski definition) is 12. The third-order valence-corrected chi connectivity index (χ3v) is 7.41. The van der Waals surface area contributed by atoms with Crippen LogP contribution < -0.4 is 25.8 Å². The number of carbonyl (C=O) groups excluding carboxylic acids is 2. The lowest BCUT2D eigenvalue weighted by molar-refractivity contribution is -0.384. The number of halogens is 3. The second-order valence-corrected chi connectivity index (χ2v) is 11.0. The summed E-state index contributed by atoms with van der Waals surface area (Å²) in [5.74, 6) is -3.69. The van der Waals surface area contributed by atoms with Crippen LogP contribution in [0.4, 0.5) is 18.9 Å². The van der Waals surface area contributed by atoms with Crippen LogP contribution in [0.5, 0.6) is 11.5 Å². The van der Waals surface area contributed by atoms with Crippen LogP contribution in [-0.2, 0) is 19.1 Å². The number of methoxy groups -OCH3 is 1. The highest BCUT2D eigenvalue weighted by atomic mass is 19.4. The summed E-state index contributed by atoms with van der Waals surface area (Å²) in [6, 6.07) is 12.3. The second kappa shape index (κ2) is 18.8. The number of rotatable bonds is 19. The van der Waals surface area contributed by atoms with Gasteiger partial charge in [0.2, 0.25) is 0 Å². The average molecular weight is 695 g/mol. The van der Waals surface area contributed by atoms with Crippen molar-refractivity contribution in [1.29, 1.82) is 0 Å². The number of aliphatic hydroxyl groups excluding tert-OH is 1. The molecule has 2 aromatic rings. The van der Waals surface area contributed by atoms with Crippen molar-refractivity contribution in [3.8, 4) is 11.5 Å². The number of alkyl halides is 3. The number of hydrogen-bond donors (Lipinski definition) is 4. The molecule has 49 heavy (non-hydrogen) atoms. The van der Waals surface area contributed by atoms with Crippen molar-refractivity contribution >= 4 is 17.6 Å². The van der Waals surface area contributed by atoms with E-state index in [2.05, 4.69) is 10.6 Å². The molecule has 0 saturated carbocycles. The number of nitro groups is 1. The number of non-ortho nitro benzene ring substituents is 1. The lowest BCUT2D eigenvalue weighted by Gasteiger charge is -2.32. The fraction of sp³-hybridized carbons (Fsp3) is 0.455. The van der Waals surface area contributed by atoms with Crippen molar-refractivity contribution < 1.29 is 51.7 Å². The van der Waals surface area contributed by atoms with Crippen LogP contribution in [0.15, 0.2) is 71.1 Å². The standard InChI is InChI=1S/C33H41F3N4O9/c1-21-27(32(43)48-16-9-4-3-8-15-38-19-23(41)20-49-24-10-6-5-7-11-24)28(29(31(42)46-2)30(39-21)33(34,35)36)25-18-22(40(44)45)12-13-26(25)47-17-14-37/h5-7,10-13,18,23,28,38-39,41H,3-4,8-9,14-17,19-20,37H2,1-2H3. The number of allylic oxidation sites excluding steroid dienone is 2. The van der Waals surface area contributed by atoms with Crippen molar-refractivity contribution in [2.45, 2.75) is 50.8 Å². The van der Waals surface area contributed by atoms with Crippen molar-refractivity contribution in [3.63, 3.8) is 0 Å². The van der Waals surface area contributed by atoms with Gasteiger partial charge in [0, 0.05) is 36.5 Å². The lowest BCUT2D eigenvalue weighted by Crippen LogP contribution is -2.38. The predicted octanol–water partition coefficient (Wildman–Crippen LogP) is 4.02. The first-order valence-electron chi connectivity index (χ1n) is 15.6. The van der Waals surface area contributed by atoms with E-state index in [9.17, 15) is 38.0 Å². The highest BCUT2D eigenvalue weighted by Gasteiger charge is 2.48. The molecule has 0 spiro atoms. The van der Waals surface area contributed by atoms with Gasteiger partial charge in [-0.2, -0.15) is 13.2 Å². The number of nitrogens with one attached hydrogen (secondary N) is 2. The van der Waals surface area contributed by atoms with Crippen LogP contribution in [0.2, 0.25) is 0 Å². The molecule has 0 fully saturated rings. The molecule has 2 unspecified atom stereocenters. The van der Waals surface area contributed by atoms with Gasteiger partial charge in [-0.3, -0.25) is 10.1 Å². The summed E-state index contributed by atoms with van der Waals surface area (Å²) in [5.41, 5.74) is 1.66. The fourth-order valence-electron chi connectivity index (χ4n) is 5.12.